The molecule has 1 rings (SSSR count). The second kappa shape index (κ2) is 9.41. The summed E-state index contributed by atoms with van der Waals surface area (Å²) in [6.07, 6.45) is -1.92. The Balaban J connectivity index is 0.00000400. The van der Waals surface area contributed by atoms with Crippen LogP contribution in [0.2, 0.25) is 0 Å². The Morgan fingerprint density at radius 3 is 2.48 bits per heavy atom. The molecule has 0 spiro atoms. The van der Waals surface area contributed by atoms with E-state index < -0.39 is 18.2 Å². The molecule has 0 aliphatic heterocycles. The molecule has 0 aromatic heterocycles. The van der Waals surface area contributed by atoms with Gasteiger partial charge in [0.2, 0.25) is 6.17 Å². The Kier molecular flexibility index (Phi) is 8.73. The minimum atomic E-state index is -1.92. The van der Waals surface area contributed by atoms with Gasteiger partial charge in [-0.2, -0.15) is 0 Å². The fourth-order valence-electron chi connectivity index (χ4n) is 1.70. The van der Waals surface area contributed by atoms with E-state index in [1.807, 2.05) is 6.92 Å². The van der Waals surface area contributed by atoms with Crippen LogP contribution in [-0.2, 0) is 9.53 Å². The monoisotopic (exact) mass is 321 g/mol. The Morgan fingerprint density at radius 2 is 1.95 bits per heavy atom. The first kappa shape index (κ1) is 19.5. The fourth-order valence-corrected chi connectivity index (χ4v) is 1.70. The van der Waals surface area contributed by atoms with Crippen molar-refractivity contribution < 1.29 is 23.4 Å². The molecule has 0 fully saturated rings. The van der Waals surface area contributed by atoms with Gasteiger partial charge in [-0.15, -0.1) is 12.4 Å². The van der Waals surface area contributed by atoms with Crippen LogP contribution >= 0.6 is 12.4 Å². The third-order valence-electron chi connectivity index (χ3n) is 2.70. The zero-order valence-corrected chi connectivity index (χ0v) is 13.1. The van der Waals surface area contributed by atoms with E-state index in [4.69, 9.17) is 15.2 Å². The van der Waals surface area contributed by atoms with Crippen molar-refractivity contribution in [3.05, 3.63) is 23.8 Å². The Morgan fingerprint density at radius 1 is 1.29 bits per heavy atom. The van der Waals surface area contributed by atoms with E-state index in [9.17, 15) is 9.18 Å². The molecule has 1 aromatic carbocycles. The zero-order valence-electron chi connectivity index (χ0n) is 12.3. The van der Waals surface area contributed by atoms with Gasteiger partial charge in [0.15, 0.2) is 11.5 Å². The highest BCUT2D eigenvalue weighted by atomic mass is 35.5. The van der Waals surface area contributed by atoms with Gasteiger partial charge in [-0.25, -0.2) is 9.18 Å². The third-order valence-corrected chi connectivity index (χ3v) is 2.70. The van der Waals surface area contributed by atoms with E-state index in [0.717, 1.165) is 0 Å². The number of ether oxygens (including phenoxy) is 3. The van der Waals surface area contributed by atoms with Crippen LogP contribution in [0.25, 0.3) is 0 Å². The average Bonchev–Trinajstić information content (AvgIpc) is 2.46. The van der Waals surface area contributed by atoms with Crippen LogP contribution in [0.4, 0.5) is 4.39 Å². The highest BCUT2D eigenvalue weighted by Crippen LogP contribution is 2.31. The lowest BCUT2D eigenvalue weighted by Gasteiger charge is -2.17. The molecule has 0 aliphatic carbocycles. The van der Waals surface area contributed by atoms with E-state index in [1.54, 1.807) is 25.1 Å². The van der Waals surface area contributed by atoms with Crippen LogP contribution in [0.1, 0.15) is 25.5 Å². The van der Waals surface area contributed by atoms with E-state index in [-0.39, 0.29) is 19.0 Å². The van der Waals surface area contributed by atoms with Gasteiger partial charge in [0.05, 0.1) is 26.4 Å². The Bertz CT molecular complexity index is 459. The van der Waals surface area contributed by atoms with Gasteiger partial charge in [0.25, 0.3) is 0 Å². The molecular formula is C14H21ClFNO4. The van der Waals surface area contributed by atoms with Crippen molar-refractivity contribution in [2.75, 3.05) is 20.3 Å². The summed E-state index contributed by atoms with van der Waals surface area (Å²) in [6, 6.07) is 3.68. The predicted octanol–water partition coefficient (Wildman–Crippen LogP) is 2.42. The van der Waals surface area contributed by atoms with E-state index >= 15 is 0 Å². The molecule has 1 aromatic rings. The highest BCUT2D eigenvalue weighted by Gasteiger charge is 2.28. The summed E-state index contributed by atoms with van der Waals surface area (Å²) in [7, 11) is 1.48. The molecule has 2 N–H and O–H groups in total. The van der Waals surface area contributed by atoms with Gasteiger partial charge in [-0.3, -0.25) is 0 Å². The summed E-state index contributed by atoms with van der Waals surface area (Å²) < 4.78 is 29.0. The van der Waals surface area contributed by atoms with Crippen LogP contribution in [0.5, 0.6) is 11.5 Å². The minimum Gasteiger partial charge on any atom is -0.493 e. The summed E-state index contributed by atoms with van der Waals surface area (Å²) in [6.45, 7) is 4.04. The van der Waals surface area contributed by atoms with Crippen molar-refractivity contribution >= 4 is 18.4 Å². The minimum absolute atomic E-state index is 0. The molecule has 0 saturated carbocycles. The molecule has 120 valence electrons. The molecule has 5 nitrogen and oxygen atoms in total. The maximum Gasteiger partial charge on any atom is 0.342 e. The number of methoxy groups -OCH3 is 1. The molecule has 21 heavy (non-hydrogen) atoms. The lowest BCUT2D eigenvalue weighted by Crippen LogP contribution is -2.31. The second-order valence-corrected chi connectivity index (χ2v) is 4.02. The molecule has 0 radical (unpaired) electrons. The van der Waals surface area contributed by atoms with Gasteiger partial charge < -0.3 is 19.9 Å². The average molecular weight is 322 g/mol. The predicted molar refractivity (Wildman–Crippen MR) is 79.9 cm³/mol. The summed E-state index contributed by atoms with van der Waals surface area (Å²) in [5, 5.41) is 0. The third kappa shape index (κ3) is 5.06. The van der Waals surface area contributed by atoms with Gasteiger partial charge >= 0.3 is 5.97 Å². The molecule has 0 heterocycles. The first-order valence-corrected chi connectivity index (χ1v) is 6.42. The number of carbonyl (C=O) groups excluding carboxylic acids is 1. The van der Waals surface area contributed by atoms with Gasteiger partial charge in [0.1, 0.15) is 0 Å². The molecule has 1 unspecified atom stereocenters. The number of hydrogen-bond acceptors (Lipinski definition) is 5. The first-order valence-electron chi connectivity index (χ1n) is 6.42. The molecule has 7 heteroatoms. The summed E-state index contributed by atoms with van der Waals surface area (Å²) in [5.41, 5.74) is 6.18. The van der Waals surface area contributed by atoms with E-state index in [1.165, 1.54) is 7.11 Å². The summed E-state index contributed by atoms with van der Waals surface area (Å²) in [5.74, 6) is 0.0150. The largest absolute Gasteiger partial charge is 0.493 e. The number of halogens is 2. The SMILES string of the molecule is CCOC(=O)C(F)[C@@H](N)c1ccc(OCC)c(OC)c1.Cl. The van der Waals surface area contributed by atoms with E-state index in [0.29, 0.717) is 23.7 Å². The number of esters is 1. The standard InChI is InChI=1S/C14H20FNO4.ClH/c1-4-19-10-7-6-9(8-11(10)18-3)13(16)12(15)14(17)20-5-2;/h6-8,12-13H,4-5,16H2,1-3H3;1H/t12?,13-;/m0./s1. The van der Waals surface area contributed by atoms with Crippen LogP contribution < -0.4 is 15.2 Å². The van der Waals surface area contributed by atoms with Crippen LogP contribution in [0, 0.1) is 0 Å². The molecule has 0 aliphatic rings. The van der Waals surface area contributed by atoms with Crippen LogP contribution in [0.15, 0.2) is 18.2 Å². The molecular weight excluding hydrogens is 301 g/mol. The lowest BCUT2D eigenvalue weighted by molar-refractivity contribution is -0.149. The number of alkyl halides is 1. The Hall–Kier alpha value is -1.53. The maximum atomic E-state index is 13.9. The first-order chi connectivity index (χ1) is 9.54. The molecule has 0 amide bonds. The quantitative estimate of drug-likeness (QED) is 0.781. The van der Waals surface area contributed by atoms with Crippen molar-refractivity contribution in [1.82, 2.24) is 0 Å². The van der Waals surface area contributed by atoms with Crippen molar-refractivity contribution in [3.8, 4) is 11.5 Å². The zero-order chi connectivity index (χ0) is 15.1. The topological polar surface area (TPSA) is 70.8 Å². The van der Waals surface area contributed by atoms with Crippen LogP contribution in [0.3, 0.4) is 0 Å². The smallest absolute Gasteiger partial charge is 0.342 e. The molecule has 0 bridgehead atoms. The van der Waals surface area contributed by atoms with Crippen molar-refractivity contribution in [3.63, 3.8) is 0 Å². The van der Waals surface area contributed by atoms with Gasteiger partial charge in [-0.05, 0) is 31.5 Å². The van der Waals surface area contributed by atoms with Crippen molar-refractivity contribution in [2.24, 2.45) is 5.73 Å². The number of hydrogen-bond donors (Lipinski definition) is 1. The number of benzene rings is 1. The maximum absolute atomic E-state index is 13.9. The van der Waals surface area contributed by atoms with Gasteiger partial charge in [-0.1, -0.05) is 6.07 Å². The molecule has 0 saturated heterocycles. The molecule has 2 atom stereocenters. The number of nitrogens with two attached hydrogens (primary N) is 1. The number of rotatable bonds is 7. The summed E-state index contributed by atoms with van der Waals surface area (Å²) >= 11 is 0. The van der Waals surface area contributed by atoms with Gasteiger partial charge in [0, 0.05) is 0 Å². The normalized spacial score (nSPS) is 12.8. The van der Waals surface area contributed by atoms with E-state index in [2.05, 4.69) is 4.74 Å². The fraction of sp³-hybridized carbons (Fsp3) is 0.500. The highest BCUT2D eigenvalue weighted by molar-refractivity contribution is 5.85. The number of carbonyl (C=O) groups is 1. The second-order valence-electron chi connectivity index (χ2n) is 4.02. The lowest BCUT2D eigenvalue weighted by atomic mass is 10.0. The summed E-state index contributed by atoms with van der Waals surface area (Å²) in [4.78, 5) is 11.3. The van der Waals surface area contributed by atoms with Crippen molar-refractivity contribution in [2.45, 2.75) is 26.1 Å². The van der Waals surface area contributed by atoms with Crippen molar-refractivity contribution in [1.29, 1.82) is 0 Å². The van der Waals surface area contributed by atoms with Crippen LogP contribution in [-0.4, -0.2) is 32.5 Å². The Labute approximate surface area is 130 Å².